The van der Waals surface area contributed by atoms with Crippen LogP contribution in [0.4, 0.5) is 0 Å². The lowest BCUT2D eigenvalue weighted by atomic mass is 9.94. The second kappa shape index (κ2) is 14.3. The number of rotatable bonds is 11. The third-order valence-corrected chi connectivity index (χ3v) is 4.25. The van der Waals surface area contributed by atoms with Crippen molar-refractivity contribution < 1.29 is 9.63 Å². The molecule has 1 rings (SSSR count). The van der Waals surface area contributed by atoms with Crippen molar-refractivity contribution in [2.45, 2.75) is 66.8 Å². The van der Waals surface area contributed by atoms with Gasteiger partial charge in [0.1, 0.15) is 5.76 Å². The van der Waals surface area contributed by atoms with Crippen LogP contribution in [0.3, 0.4) is 0 Å². The summed E-state index contributed by atoms with van der Waals surface area (Å²) in [6.07, 6.45) is 3.59. The number of aryl methyl sites for hydroxylation is 2. The molecular weight excluding hydrogens is 443 g/mol. The molecule has 1 aromatic rings. The molecule has 0 fully saturated rings. The largest absolute Gasteiger partial charge is 0.396 e. The fraction of sp³-hybridized carbons (Fsp3) is 0.789. The summed E-state index contributed by atoms with van der Waals surface area (Å²) in [5.41, 5.74) is 2.10. The van der Waals surface area contributed by atoms with Gasteiger partial charge in [0.2, 0.25) is 0 Å². The molecule has 0 saturated carbocycles. The third kappa shape index (κ3) is 8.70. The van der Waals surface area contributed by atoms with Gasteiger partial charge in [-0.3, -0.25) is 0 Å². The van der Waals surface area contributed by atoms with Gasteiger partial charge in [0.25, 0.3) is 0 Å². The zero-order chi connectivity index (χ0) is 18.7. The molecular formula is C19H37IN4O2. The molecule has 0 saturated heterocycles. The smallest absolute Gasteiger partial charge is 0.191 e. The lowest BCUT2D eigenvalue weighted by Gasteiger charge is -2.20. The van der Waals surface area contributed by atoms with Gasteiger partial charge in [0, 0.05) is 31.7 Å². The van der Waals surface area contributed by atoms with Crippen molar-refractivity contribution in [3.63, 3.8) is 0 Å². The highest BCUT2D eigenvalue weighted by atomic mass is 127. The second-order valence-electron chi connectivity index (χ2n) is 6.82. The third-order valence-electron chi connectivity index (χ3n) is 4.25. The Bertz CT molecular complexity index is 496. The Kier molecular flexibility index (Phi) is 13.8. The molecule has 0 aliphatic rings. The molecule has 0 bridgehead atoms. The number of hydrogen-bond acceptors (Lipinski definition) is 4. The van der Waals surface area contributed by atoms with Crippen molar-refractivity contribution in [1.29, 1.82) is 0 Å². The summed E-state index contributed by atoms with van der Waals surface area (Å²) >= 11 is 0. The molecule has 0 radical (unpaired) electrons. The number of aromatic nitrogens is 1. The zero-order valence-corrected chi connectivity index (χ0v) is 19.3. The minimum atomic E-state index is 0. The van der Waals surface area contributed by atoms with E-state index in [1.54, 1.807) is 0 Å². The number of nitrogens with zero attached hydrogens (tertiary/aromatic N) is 2. The summed E-state index contributed by atoms with van der Waals surface area (Å²) in [5.74, 6) is 2.80. The molecule has 152 valence electrons. The van der Waals surface area contributed by atoms with E-state index in [0.29, 0.717) is 18.4 Å². The highest BCUT2D eigenvalue weighted by Crippen LogP contribution is 2.17. The van der Waals surface area contributed by atoms with E-state index >= 15 is 0 Å². The SMILES string of the molecule is CCNC(=NCc1c(CC)noc1CC)NCC(CCO)CC(C)C.I. The van der Waals surface area contributed by atoms with E-state index < -0.39 is 0 Å². The Morgan fingerprint density at radius 3 is 2.46 bits per heavy atom. The van der Waals surface area contributed by atoms with E-state index in [2.05, 4.69) is 50.4 Å². The van der Waals surface area contributed by atoms with Gasteiger partial charge in [-0.25, -0.2) is 4.99 Å². The number of aliphatic hydroxyl groups excluding tert-OH is 1. The maximum atomic E-state index is 9.27. The summed E-state index contributed by atoms with van der Waals surface area (Å²) in [5, 5.41) is 20.1. The maximum Gasteiger partial charge on any atom is 0.191 e. The van der Waals surface area contributed by atoms with E-state index in [1.807, 2.05) is 0 Å². The lowest BCUT2D eigenvalue weighted by molar-refractivity contribution is 0.243. The monoisotopic (exact) mass is 480 g/mol. The first-order valence-electron chi connectivity index (χ1n) is 9.64. The molecule has 0 aliphatic heterocycles. The Labute approximate surface area is 175 Å². The number of aliphatic hydroxyl groups is 1. The first-order chi connectivity index (χ1) is 12.0. The molecule has 0 aromatic carbocycles. The molecule has 0 spiro atoms. The van der Waals surface area contributed by atoms with Crippen LogP contribution in [0, 0.1) is 11.8 Å². The van der Waals surface area contributed by atoms with Crippen molar-refractivity contribution >= 4 is 29.9 Å². The van der Waals surface area contributed by atoms with Crippen LogP contribution in [0.5, 0.6) is 0 Å². The van der Waals surface area contributed by atoms with E-state index in [-0.39, 0.29) is 30.6 Å². The second-order valence-corrected chi connectivity index (χ2v) is 6.82. The molecule has 26 heavy (non-hydrogen) atoms. The van der Waals surface area contributed by atoms with E-state index in [4.69, 9.17) is 9.52 Å². The first kappa shape index (κ1) is 25.2. The van der Waals surface area contributed by atoms with Crippen LogP contribution >= 0.6 is 24.0 Å². The zero-order valence-electron chi connectivity index (χ0n) is 17.0. The number of aliphatic imine (C=N–C) groups is 1. The van der Waals surface area contributed by atoms with Crippen molar-refractivity contribution in [1.82, 2.24) is 15.8 Å². The predicted octanol–water partition coefficient (Wildman–Crippen LogP) is 3.52. The van der Waals surface area contributed by atoms with Gasteiger partial charge >= 0.3 is 0 Å². The summed E-state index contributed by atoms with van der Waals surface area (Å²) < 4.78 is 5.41. The standard InChI is InChI=1S/C19H36N4O2.HI/c1-6-17-16(18(7-2)25-23-17)13-22-19(20-8-3)21-12-15(9-10-24)11-14(4)5;/h14-15,24H,6-13H2,1-5H3,(H2,20,21,22);1H. The molecule has 1 heterocycles. The summed E-state index contributed by atoms with van der Waals surface area (Å²) in [6, 6.07) is 0. The van der Waals surface area contributed by atoms with Gasteiger partial charge in [-0.05, 0) is 38.0 Å². The number of halogens is 1. The fourth-order valence-corrected chi connectivity index (χ4v) is 3.01. The normalized spacial score (nSPS) is 12.8. The topological polar surface area (TPSA) is 82.7 Å². The Morgan fingerprint density at radius 2 is 1.92 bits per heavy atom. The van der Waals surface area contributed by atoms with E-state index in [1.165, 1.54) is 0 Å². The van der Waals surface area contributed by atoms with Crippen molar-refractivity contribution in [3.8, 4) is 0 Å². The molecule has 1 unspecified atom stereocenters. The quantitative estimate of drug-likeness (QED) is 0.257. The van der Waals surface area contributed by atoms with E-state index in [0.717, 1.165) is 61.7 Å². The van der Waals surface area contributed by atoms with Crippen LogP contribution in [0.1, 0.15) is 64.5 Å². The van der Waals surface area contributed by atoms with Gasteiger partial charge in [-0.15, -0.1) is 24.0 Å². The lowest BCUT2D eigenvalue weighted by Crippen LogP contribution is -2.40. The molecule has 1 aromatic heterocycles. The van der Waals surface area contributed by atoms with Crippen molar-refractivity contribution in [3.05, 3.63) is 17.0 Å². The maximum absolute atomic E-state index is 9.27. The molecule has 3 N–H and O–H groups in total. The Balaban J connectivity index is 0.00000625. The minimum Gasteiger partial charge on any atom is -0.396 e. The fourth-order valence-electron chi connectivity index (χ4n) is 3.01. The molecule has 0 aliphatic carbocycles. The predicted molar refractivity (Wildman–Crippen MR) is 118 cm³/mol. The number of nitrogens with one attached hydrogen (secondary N) is 2. The van der Waals surface area contributed by atoms with Gasteiger partial charge in [0.15, 0.2) is 5.96 Å². The van der Waals surface area contributed by atoms with Gasteiger partial charge in [0.05, 0.1) is 12.2 Å². The van der Waals surface area contributed by atoms with E-state index in [9.17, 15) is 5.11 Å². The molecule has 6 nitrogen and oxygen atoms in total. The van der Waals surface area contributed by atoms with Gasteiger partial charge in [-0.1, -0.05) is 32.9 Å². The number of guanidine groups is 1. The molecule has 0 amide bonds. The van der Waals surface area contributed by atoms with Crippen LogP contribution < -0.4 is 10.6 Å². The highest BCUT2D eigenvalue weighted by Gasteiger charge is 2.14. The first-order valence-corrected chi connectivity index (χ1v) is 9.64. The van der Waals surface area contributed by atoms with Crippen LogP contribution in [0.2, 0.25) is 0 Å². The summed E-state index contributed by atoms with van der Waals surface area (Å²) in [4.78, 5) is 4.72. The Hall–Kier alpha value is -0.830. The minimum absolute atomic E-state index is 0. The molecule has 1 atom stereocenters. The number of hydrogen-bond donors (Lipinski definition) is 3. The van der Waals surface area contributed by atoms with Crippen molar-refractivity contribution in [2.75, 3.05) is 19.7 Å². The highest BCUT2D eigenvalue weighted by molar-refractivity contribution is 14.0. The van der Waals surface area contributed by atoms with Crippen molar-refractivity contribution in [2.24, 2.45) is 16.8 Å². The van der Waals surface area contributed by atoms with Crippen LogP contribution in [0.15, 0.2) is 9.52 Å². The van der Waals surface area contributed by atoms with Gasteiger partial charge in [-0.2, -0.15) is 0 Å². The van der Waals surface area contributed by atoms with Crippen LogP contribution in [0.25, 0.3) is 0 Å². The summed E-state index contributed by atoms with van der Waals surface area (Å²) in [6.45, 7) is 13.1. The average Bonchev–Trinajstić information content (AvgIpc) is 2.98. The average molecular weight is 480 g/mol. The summed E-state index contributed by atoms with van der Waals surface area (Å²) in [7, 11) is 0. The Morgan fingerprint density at radius 1 is 1.19 bits per heavy atom. The van der Waals surface area contributed by atoms with Gasteiger partial charge < -0.3 is 20.3 Å². The van der Waals surface area contributed by atoms with Crippen LogP contribution in [-0.4, -0.2) is 35.9 Å². The van der Waals surface area contributed by atoms with Crippen LogP contribution in [-0.2, 0) is 19.4 Å². The molecule has 7 heteroatoms.